The van der Waals surface area contributed by atoms with E-state index in [9.17, 15) is 4.79 Å². The summed E-state index contributed by atoms with van der Waals surface area (Å²) in [5, 5.41) is 6.19. The molecule has 1 aliphatic heterocycles. The van der Waals surface area contributed by atoms with Crippen LogP contribution in [-0.4, -0.2) is 37.1 Å². The minimum absolute atomic E-state index is 0.132. The molecule has 0 atom stereocenters. The van der Waals surface area contributed by atoms with Gasteiger partial charge in [-0.3, -0.25) is 4.79 Å². The number of amides is 1. The summed E-state index contributed by atoms with van der Waals surface area (Å²) in [5.41, 5.74) is 2.97. The fraction of sp³-hybridized carbons (Fsp3) is 0.368. The van der Waals surface area contributed by atoms with Crippen LogP contribution in [0.15, 0.2) is 42.6 Å². The summed E-state index contributed by atoms with van der Waals surface area (Å²) in [5.74, 6) is 0.904. The van der Waals surface area contributed by atoms with Gasteiger partial charge < -0.3 is 15.5 Å². The van der Waals surface area contributed by atoms with Gasteiger partial charge in [0.2, 0.25) is 0 Å². The lowest BCUT2D eigenvalue weighted by atomic mass is 10.0. The summed E-state index contributed by atoms with van der Waals surface area (Å²) in [6.45, 7) is 8.22. The third-order valence-electron chi connectivity index (χ3n) is 4.31. The average molecular weight is 324 g/mol. The lowest BCUT2D eigenvalue weighted by Crippen LogP contribution is -2.43. The normalized spacial score (nSPS) is 14.7. The number of anilines is 2. The van der Waals surface area contributed by atoms with E-state index in [1.807, 2.05) is 42.6 Å². The van der Waals surface area contributed by atoms with E-state index in [0.29, 0.717) is 17.3 Å². The standard InChI is InChI=1S/C19H24N4O/c1-14(2)15-3-5-16(6-4-15)19(24)22-18-8-7-17(13-21-18)23-11-9-20-10-12-23/h3-8,13-14,20H,9-12H2,1-2H3,(H,21,22,24). The Kier molecular flexibility index (Phi) is 5.11. The van der Waals surface area contributed by atoms with E-state index in [0.717, 1.165) is 31.9 Å². The maximum Gasteiger partial charge on any atom is 0.256 e. The molecular weight excluding hydrogens is 300 g/mol. The van der Waals surface area contributed by atoms with Crippen molar-refractivity contribution in [3.63, 3.8) is 0 Å². The van der Waals surface area contributed by atoms with Crippen molar-refractivity contribution >= 4 is 17.4 Å². The lowest BCUT2D eigenvalue weighted by Gasteiger charge is -2.29. The van der Waals surface area contributed by atoms with Crippen LogP contribution in [0, 0.1) is 0 Å². The van der Waals surface area contributed by atoms with Gasteiger partial charge in [0.25, 0.3) is 5.91 Å². The summed E-state index contributed by atoms with van der Waals surface area (Å²) < 4.78 is 0. The van der Waals surface area contributed by atoms with E-state index in [1.54, 1.807) is 0 Å². The van der Waals surface area contributed by atoms with Crippen LogP contribution in [0.3, 0.4) is 0 Å². The Hall–Kier alpha value is -2.40. The molecule has 1 fully saturated rings. The first-order valence-corrected chi connectivity index (χ1v) is 8.46. The maximum absolute atomic E-state index is 12.3. The molecule has 2 N–H and O–H groups in total. The zero-order chi connectivity index (χ0) is 16.9. The molecule has 2 heterocycles. The number of piperazine rings is 1. The zero-order valence-electron chi connectivity index (χ0n) is 14.2. The Morgan fingerprint density at radius 2 is 1.83 bits per heavy atom. The second-order valence-corrected chi connectivity index (χ2v) is 6.37. The highest BCUT2D eigenvalue weighted by molar-refractivity contribution is 6.03. The number of nitrogens with zero attached hydrogens (tertiary/aromatic N) is 2. The largest absolute Gasteiger partial charge is 0.368 e. The number of benzene rings is 1. The van der Waals surface area contributed by atoms with Crippen LogP contribution in [0.2, 0.25) is 0 Å². The number of carbonyl (C=O) groups excluding carboxylic acids is 1. The molecule has 5 nitrogen and oxygen atoms in total. The second-order valence-electron chi connectivity index (χ2n) is 6.37. The third kappa shape index (κ3) is 3.92. The van der Waals surface area contributed by atoms with Gasteiger partial charge in [-0.25, -0.2) is 4.98 Å². The van der Waals surface area contributed by atoms with Crippen molar-refractivity contribution in [1.29, 1.82) is 0 Å². The number of hydrogen-bond acceptors (Lipinski definition) is 4. The highest BCUT2D eigenvalue weighted by Gasteiger charge is 2.12. The van der Waals surface area contributed by atoms with E-state index in [2.05, 4.69) is 34.4 Å². The number of carbonyl (C=O) groups is 1. The van der Waals surface area contributed by atoms with Crippen molar-refractivity contribution in [3.05, 3.63) is 53.7 Å². The Morgan fingerprint density at radius 1 is 1.12 bits per heavy atom. The van der Waals surface area contributed by atoms with Crippen LogP contribution in [0.4, 0.5) is 11.5 Å². The highest BCUT2D eigenvalue weighted by atomic mass is 16.1. The first-order chi connectivity index (χ1) is 11.6. The van der Waals surface area contributed by atoms with Crippen LogP contribution in [0.25, 0.3) is 0 Å². The molecule has 1 aromatic heterocycles. The molecule has 5 heteroatoms. The molecule has 0 bridgehead atoms. The summed E-state index contributed by atoms with van der Waals surface area (Å²) in [6, 6.07) is 11.6. The fourth-order valence-corrected chi connectivity index (χ4v) is 2.78. The molecule has 0 aliphatic carbocycles. The average Bonchev–Trinajstić information content (AvgIpc) is 2.63. The van der Waals surface area contributed by atoms with Gasteiger partial charge in [-0.2, -0.15) is 0 Å². The molecule has 1 aliphatic rings. The first-order valence-electron chi connectivity index (χ1n) is 8.46. The number of pyridine rings is 1. The number of aromatic nitrogens is 1. The van der Waals surface area contributed by atoms with E-state index in [-0.39, 0.29) is 5.91 Å². The van der Waals surface area contributed by atoms with Gasteiger partial charge in [-0.05, 0) is 35.7 Å². The molecule has 0 radical (unpaired) electrons. The van der Waals surface area contributed by atoms with Gasteiger partial charge in [-0.15, -0.1) is 0 Å². The van der Waals surface area contributed by atoms with Crippen molar-refractivity contribution in [2.45, 2.75) is 19.8 Å². The molecule has 126 valence electrons. The van der Waals surface area contributed by atoms with Crippen LogP contribution >= 0.6 is 0 Å². The van der Waals surface area contributed by atoms with Gasteiger partial charge in [0.15, 0.2) is 0 Å². The summed E-state index contributed by atoms with van der Waals surface area (Å²) in [7, 11) is 0. The van der Waals surface area contributed by atoms with Gasteiger partial charge in [0.05, 0.1) is 11.9 Å². The number of rotatable bonds is 4. The lowest BCUT2D eigenvalue weighted by molar-refractivity contribution is 0.102. The van der Waals surface area contributed by atoms with Gasteiger partial charge >= 0.3 is 0 Å². The fourth-order valence-electron chi connectivity index (χ4n) is 2.78. The maximum atomic E-state index is 12.3. The van der Waals surface area contributed by atoms with Gasteiger partial charge in [0.1, 0.15) is 5.82 Å². The van der Waals surface area contributed by atoms with Crippen molar-refractivity contribution in [2.75, 3.05) is 36.4 Å². The predicted molar refractivity (Wildman–Crippen MR) is 97.8 cm³/mol. The third-order valence-corrected chi connectivity index (χ3v) is 4.31. The van der Waals surface area contributed by atoms with Crippen molar-refractivity contribution in [2.24, 2.45) is 0 Å². The molecule has 1 saturated heterocycles. The molecule has 0 saturated carbocycles. The molecule has 24 heavy (non-hydrogen) atoms. The van der Waals surface area contributed by atoms with Crippen LogP contribution in [0.1, 0.15) is 35.7 Å². The summed E-state index contributed by atoms with van der Waals surface area (Å²) >= 11 is 0. The molecule has 0 spiro atoms. The predicted octanol–water partition coefficient (Wildman–Crippen LogP) is 2.87. The molecule has 0 unspecified atom stereocenters. The molecule has 1 amide bonds. The monoisotopic (exact) mass is 324 g/mol. The van der Waals surface area contributed by atoms with Crippen molar-refractivity contribution in [1.82, 2.24) is 10.3 Å². The van der Waals surface area contributed by atoms with Gasteiger partial charge in [0, 0.05) is 31.7 Å². The smallest absolute Gasteiger partial charge is 0.256 e. The quantitative estimate of drug-likeness (QED) is 0.908. The molecule has 3 rings (SSSR count). The Morgan fingerprint density at radius 3 is 2.42 bits per heavy atom. The van der Waals surface area contributed by atoms with E-state index >= 15 is 0 Å². The van der Waals surface area contributed by atoms with Crippen LogP contribution < -0.4 is 15.5 Å². The zero-order valence-corrected chi connectivity index (χ0v) is 14.2. The van der Waals surface area contributed by atoms with Gasteiger partial charge in [-0.1, -0.05) is 26.0 Å². The highest BCUT2D eigenvalue weighted by Crippen LogP contribution is 2.17. The molecular formula is C19H24N4O. The Labute approximate surface area is 143 Å². The SMILES string of the molecule is CC(C)c1ccc(C(=O)Nc2ccc(N3CCNCC3)cn2)cc1. The molecule has 2 aromatic rings. The number of hydrogen-bond donors (Lipinski definition) is 2. The minimum Gasteiger partial charge on any atom is -0.368 e. The summed E-state index contributed by atoms with van der Waals surface area (Å²) in [6.07, 6.45) is 1.82. The van der Waals surface area contributed by atoms with Crippen LogP contribution in [-0.2, 0) is 0 Å². The second kappa shape index (κ2) is 7.45. The van der Waals surface area contributed by atoms with Crippen molar-refractivity contribution < 1.29 is 4.79 Å². The van der Waals surface area contributed by atoms with Crippen molar-refractivity contribution in [3.8, 4) is 0 Å². The first kappa shape index (κ1) is 16.5. The van der Waals surface area contributed by atoms with Crippen LogP contribution in [0.5, 0.6) is 0 Å². The summed E-state index contributed by atoms with van der Waals surface area (Å²) in [4.78, 5) is 19.0. The van der Waals surface area contributed by atoms with E-state index < -0.39 is 0 Å². The van der Waals surface area contributed by atoms with E-state index in [1.165, 1.54) is 5.56 Å². The minimum atomic E-state index is -0.132. The topological polar surface area (TPSA) is 57.3 Å². The number of nitrogens with one attached hydrogen (secondary N) is 2. The molecule has 1 aromatic carbocycles. The Bertz CT molecular complexity index is 674. The Balaban J connectivity index is 1.63. The van der Waals surface area contributed by atoms with E-state index in [4.69, 9.17) is 0 Å².